The largest absolute Gasteiger partial charge is 0.382 e. The summed E-state index contributed by atoms with van der Waals surface area (Å²) in [5.41, 5.74) is 0.0511. The predicted octanol–water partition coefficient (Wildman–Crippen LogP) is 1.05. The van der Waals surface area contributed by atoms with Crippen LogP contribution in [0.4, 0.5) is 5.13 Å². The van der Waals surface area contributed by atoms with Gasteiger partial charge in [-0.25, -0.2) is 4.98 Å². The predicted molar refractivity (Wildman–Crippen MR) is 58.1 cm³/mol. The Morgan fingerprint density at radius 1 is 1.73 bits per heavy atom. The summed E-state index contributed by atoms with van der Waals surface area (Å²) < 4.78 is 0. The van der Waals surface area contributed by atoms with Crippen molar-refractivity contribution in [3.63, 3.8) is 0 Å². The molecule has 0 radical (unpaired) electrons. The van der Waals surface area contributed by atoms with E-state index in [9.17, 15) is 4.79 Å². The van der Waals surface area contributed by atoms with Gasteiger partial charge in [-0.1, -0.05) is 0 Å². The van der Waals surface area contributed by atoms with E-state index in [1.807, 2.05) is 6.07 Å². The van der Waals surface area contributed by atoms with Crippen molar-refractivity contribution in [1.29, 1.82) is 5.26 Å². The van der Waals surface area contributed by atoms with Crippen molar-refractivity contribution in [2.45, 2.75) is 0 Å². The molecule has 1 heterocycles. The Bertz CT molecular complexity index is 402. The minimum atomic E-state index is -0.443. The van der Waals surface area contributed by atoms with Gasteiger partial charge in [0.05, 0.1) is 0 Å². The van der Waals surface area contributed by atoms with E-state index in [4.69, 9.17) is 5.26 Å². The molecule has 78 valence electrons. The van der Waals surface area contributed by atoms with Gasteiger partial charge in [-0.05, 0) is 0 Å². The Morgan fingerprint density at radius 2 is 2.47 bits per heavy atom. The van der Waals surface area contributed by atoms with Crippen molar-refractivity contribution in [2.75, 3.05) is 19.4 Å². The van der Waals surface area contributed by atoms with E-state index in [1.165, 1.54) is 17.5 Å². The molecule has 5 nitrogen and oxygen atoms in total. The van der Waals surface area contributed by atoms with Crippen LogP contribution in [0.1, 0.15) is 0 Å². The fourth-order valence-corrected chi connectivity index (χ4v) is 1.37. The van der Waals surface area contributed by atoms with Crippen LogP contribution in [0.5, 0.6) is 0 Å². The van der Waals surface area contributed by atoms with Crippen LogP contribution >= 0.6 is 11.3 Å². The number of carbonyl (C=O) groups excluding carboxylic acids is 1. The third kappa shape index (κ3) is 3.40. The molecule has 0 unspecified atom stereocenters. The van der Waals surface area contributed by atoms with Crippen molar-refractivity contribution in [3.05, 3.63) is 23.3 Å². The van der Waals surface area contributed by atoms with Crippen LogP contribution in [0.3, 0.4) is 0 Å². The number of carbonyl (C=O) groups is 1. The zero-order valence-corrected chi connectivity index (χ0v) is 9.21. The van der Waals surface area contributed by atoms with E-state index in [0.29, 0.717) is 5.13 Å². The number of amides is 1. The highest BCUT2D eigenvalue weighted by atomic mass is 32.1. The lowest BCUT2D eigenvalue weighted by molar-refractivity contribution is -0.112. The highest BCUT2D eigenvalue weighted by molar-refractivity contribution is 7.13. The first kappa shape index (κ1) is 11.2. The lowest BCUT2D eigenvalue weighted by Gasteiger charge is -2.05. The number of nitrogens with zero attached hydrogens (tertiary/aromatic N) is 3. The maximum atomic E-state index is 11.5. The van der Waals surface area contributed by atoms with E-state index in [2.05, 4.69) is 10.3 Å². The maximum Gasteiger partial charge on any atom is 0.269 e. The van der Waals surface area contributed by atoms with Crippen LogP contribution in [0, 0.1) is 11.3 Å². The minimum Gasteiger partial charge on any atom is -0.382 e. The molecule has 0 aliphatic carbocycles. The smallest absolute Gasteiger partial charge is 0.269 e. The molecule has 6 heteroatoms. The Hall–Kier alpha value is -1.87. The fraction of sp³-hybridized carbons (Fsp3) is 0.222. The molecule has 1 aromatic rings. The van der Waals surface area contributed by atoms with Crippen LogP contribution in [-0.4, -0.2) is 29.9 Å². The number of hydrogen-bond donors (Lipinski definition) is 1. The Morgan fingerprint density at radius 3 is 2.93 bits per heavy atom. The summed E-state index contributed by atoms with van der Waals surface area (Å²) in [5, 5.41) is 13.5. The monoisotopic (exact) mass is 222 g/mol. The van der Waals surface area contributed by atoms with E-state index in [0.717, 1.165) is 0 Å². The normalized spacial score (nSPS) is 10.6. The summed E-state index contributed by atoms with van der Waals surface area (Å²) >= 11 is 1.30. The first-order valence-electron chi connectivity index (χ1n) is 4.12. The molecular weight excluding hydrogens is 212 g/mol. The van der Waals surface area contributed by atoms with Crippen molar-refractivity contribution >= 4 is 22.4 Å². The van der Waals surface area contributed by atoms with E-state index >= 15 is 0 Å². The number of rotatable bonds is 3. The molecule has 1 aromatic heterocycles. The van der Waals surface area contributed by atoms with Crippen molar-refractivity contribution in [3.8, 4) is 6.07 Å². The number of hydrogen-bond acceptors (Lipinski definition) is 5. The van der Waals surface area contributed by atoms with Gasteiger partial charge in [0.15, 0.2) is 5.13 Å². The number of nitrogens with one attached hydrogen (secondary N) is 1. The fourth-order valence-electron chi connectivity index (χ4n) is 0.846. The summed E-state index contributed by atoms with van der Waals surface area (Å²) in [6, 6.07) is 1.83. The zero-order valence-electron chi connectivity index (χ0n) is 8.39. The Balaban J connectivity index is 2.72. The molecule has 0 aliphatic heterocycles. The van der Waals surface area contributed by atoms with Gasteiger partial charge in [0.1, 0.15) is 11.6 Å². The van der Waals surface area contributed by atoms with E-state index in [1.54, 1.807) is 30.6 Å². The van der Waals surface area contributed by atoms with Crippen molar-refractivity contribution in [2.24, 2.45) is 0 Å². The second-order valence-electron chi connectivity index (χ2n) is 2.91. The van der Waals surface area contributed by atoms with Gasteiger partial charge in [0.25, 0.3) is 5.91 Å². The summed E-state index contributed by atoms with van der Waals surface area (Å²) in [5.74, 6) is -0.443. The van der Waals surface area contributed by atoms with Gasteiger partial charge < -0.3 is 4.90 Å². The molecule has 0 spiro atoms. The molecule has 1 rings (SSSR count). The third-order valence-corrected chi connectivity index (χ3v) is 2.09. The topological polar surface area (TPSA) is 69.0 Å². The molecule has 0 saturated carbocycles. The Kier molecular flexibility index (Phi) is 3.83. The second-order valence-corrected chi connectivity index (χ2v) is 3.80. The SMILES string of the molecule is CN(C)/C=C(\C#N)C(=O)Nc1nccs1. The van der Waals surface area contributed by atoms with Crippen LogP contribution in [-0.2, 0) is 4.79 Å². The van der Waals surface area contributed by atoms with Crippen LogP contribution in [0.2, 0.25) is 0 Å². The molecule has 1 amide bonds. The molecule has 0 bridgehead atoms. The highest BCUT2D eigenvalue weighted by Crippen LogP contribution is 2.11. The maximum absolute atomic E-state index is 11.5. The molecule has 15 heavy (non-hydrogen) atoms. The molecule has 0 atom stereocenters. The molecule has 0 saturated heterocycles. The zero-order chi connectivity index (χ0) is 11.3. The van der Waals surface area contributed by atoms with Crippen LogP contribution in [0.15, 0.2) is 23.3 Å². The summed E-state index contributed by atoms with van der Waals surface area (Å²) in [4.78, 5) is 17.0. The standard InChI is InChI=1S/C9H10N4OS/c1-13(2)6-7(5-10)8(14)12-9-11-3-4-15-9/h3-4,6H,1-2H3,(H,11,12,14)/b7-6+. The number of thiazole rings is 1. The lowest BCUT2D eigenvalue weighted by atomic mass is 10.3. The quantitative estimate of drug-likeness (QED) is 0.613. The molecular formula is C9H10N4OS. The van der Waals surface area contributed by atoms with Crippen LogP contribution in [0.25, 0.3) is 0 Å². The average molecular weight is 222 g/mol. The molecule has 0 fully saturated rings. The molecule has 1 N–H and O–H groups in total. The van der Waals surface area contributed by atoms with Gasteiger partial charge in [-0.15, -0.1) is 11.3 Å². The van der Waals surface area contributed by atoms with E-state index in [-0.39, 0.29) is 5.57 Å². The molecule has 0 aromatic carbocycles. The van der Waals surface area contributed by atoms with Gasteiger partial charge >= 0.3 is 0 Å². The van der Waals surface area contributed by atoms with Crippen molar-refractivity contribution in [1.82, 2.24) is 9.88 Å². The van der Waals surface area contributed by atoms with Crippen molar-refractivity contribution < 1.29 is 4.79 Å². The summed E-state index contributed by atoms with van der Waals surface area (Å²) in [6.07, 6.45) is 3.05. The number of nitriles is 1. The Labute approximate surface area is 91.7 Å². The third-order valence-electron chi connectivity index (χ3n) is 1.41. The second kappa shape index (κ2) is 5.12. The summed E-state index contributed by atoms with van der Waals surface area (Å²) in [6.45, 7) is 0. The lowest BCUT2D eigenvalue weighted by Crippen LogP contribution is -2.16. The van der Waals surface area contributed by atoms with Gasteiger partial charge in [0, 0.05) is 31.9 Å². The van der Waals surface area contributed by atoms with E-state index < -0.39 is 5.91 Å². The average Bonchev–Trinajstić information content (AvgIpc) is 2.66. The van der Waals surface area contributed by atoms with Gasteiger partial charge in [-0.2, -0.15) is 5.26 Å². The number of aromatic nitrogens is 1. The first-order valence-corrected chi connectivity index (χ1v) is 5.00. The number of anilines is 1. The van der Waals surface area contributed by atoms with Gasteiger partial charge in [0.2, 0.25) is 0 Å². The first-order chi connectivity index (χ1) is 7.13. The highest BCUT2D eigenvalue weighted by Gasteiger charge is 2.10. The van der Waals surface area contributed by atoms with Gasteiger partial charge in [-0.3, -0.25) is 10.1 Å². The summed E-state index contributed by atoms with van der Waals surface area (Å²) in [7, 11) is 3.49. The molecule has 0 aliphatic rings. The minimum absolute atomic E-state index is 0.0511. The van der Waals surface area contributed by atoms with Crippen LogP contribution < -0.4 is 5.32 Å².